The number of carbonyl (C=O) groups is 1. The van der Waals surface area contributed by atoms with E-state index in [1.807, 2.05) is 6.07 Å². The van der Waals surface area contributed by atoms with Gasteiger partial charge in [-0.15, -0.1) is 0 Å². The molecule has 0 amide bonds. The fraction of sp³-hybridized carbons (Fsp3) is 0.433. The largest absolute Gasteiger partial charge is 0.491 e. The number of aliphatic hydroxyl groups is 1. The number of ether oxygens (including phenoxy) is 3. The molecule has 6 heteroatoms. The van der Waals surface area contributed by atoms with Crippen LogP contribution >= 0.6 is 0 Å². The van der Waals surface area contributed by atoms with Crippen LogP contribution in [0.25, 0.3) is 22.2 Å². The fourth-order valence-corrected chi connectivity index (χ4v) is 4.32. The van der Waals surface area contributed by atoms with Crippen molar-refractivity contribution in [2.45, 2.75) is 58.1 Å². The molecule has 0 aliphatic rings. The maximum Gasteiger partial charge on any atom is 0.330 e. The predicted octanol–water partition coefficient (Wildman–Crippen LogP) is 6.11. The summed E-state index contributed by atoms with van der Waals surface area (Å²) in [5, 5.41) is 11.5. The zero-order valence-electron chi connectivity index (χ0n) is 21.7. The van der Waals surface area contributed by atoms with Crippen LogP contribution < -0.4 is 4.74 Å². The molecule has 3 rings (SSSR count). The van der Waals surface area contributed by atoms with Gasteiger partial charge in [0.1, 0.15) is 12.4 Å². The third-order valence-electron chi connectivity index (χ3n) is 6.18. The molecule has 1 unspecified atom stereocenters. The van der Waals surface area contributed by atoms with Gasteiger partial charge in [-0.3, -0.25) is 0 Å². The van der Waals surface area contributed by atoms with Crippen LogP contribution in [-0.2, 0) is 20.7 Å². The van der Waals surface area contributed by atoms with Crippen LogP contribution in [0.5, 0.6) is 5.75 Å². The van der Waals surface area contributed by atoms with Gasteiger partial charge in [0, 0.05) is 43.0 Å². The van der Waals surface area contributed by atoms with Gasteiger partial charge in [-0.25, -0.2) is 4.79 Å². The molecule has 0 saturated heterocycles. The van der Waals surface area contributed by atoms with E-state index in [-0.39, 0.29) is 12.6 Å². The second-order valence-corrected chi connectivity index (χ2v) is 9.34. The van der Waals surface area contributed by atoms with E-state index in [0.29, 0.717) is 19.4 Å². The first-order chi connectivity index (χ1) is 17.4. The number of hydrogen-bond donors (Lipinski definition) is 1. The Hall–Kier alpha value is -3.09. The Labute approximate surface area is 214 Å². The van der Waals surface area contributed by atoms with E-state index in [1.54, 1.807) is 7.11 Å². The highest BCUT2D eigenvalue weighted by Crippen LogP contribution is 2.33. The molecule has 36 heavy (non-hydrogen) atoms. The van der Waals surface area contributed by atoms with Gasteiger partial charge in [-0.05, 0) is 75.3 Å². The number of benzene rings is 2. The van der Waals surface area contributed by atoms with E-state index in [0.717, 1.165) is 48.6 Å². The number of fused-ring (bicyclic) bond motifs is 1. The molecule has 1 aromatic heterocycles. The smallest absolute Gasteiger partial charge is 0.330 e. The lowest BCUT2D eigenvalue weighted by molar-refractivity contribution is -0.137. The normalized spacial score (nSPS) is 12.1. The molecule has 3 aromatic rings. The number of aromatic nitrogens is 1. The molecular formula is C30H39NO5. The zero-order chi connectivity index (χ0) is 25.9. The van der Waals surface area contributed by atoms with E-state index in [2.05, 4.69) is 67.5 Å². The summed E-state index contributed by atoms with van der Waals surface area (Å²) in [5.74, 6) is 0.319. The highest BCUT2D eigenvalue weighted by Gasteiger charge is 2.15. The van der Waals surface area contributed by atoms with E-state index in [1.165, 1.54) is 16.8 Å². The Balaban J connectivity index is 1.64. The lowest BCUT2D eigenvalue weighted by Crippen LogP contribution is -2.17. The summed E-state index contributed by atoms with van der Waals surface area (Å²) >= 11 is 0. The zero-order valence-corrected chi connectivity index (χ0v) is 21.7. The quantitative estimate of drug-likeness (QED) is 0.157. The van der Waals surface area contributed by atoms with Crippen LogP contribution in [0.1, 0.15) is 51.1 Å². The van der Waals surface area contributed by atoms with Crippen molar-refractivity contribution in [3.05, 3.63) is 66.7 Å². The Morgan fingerprint density at radius 2 is 1.83 bits per heavy atom. The highest BCUT2D eigenvalue weighted by atomic mass is 16.5. The van der Waals surface area contributed by atoms with Gasteiger partial charge < -0.3 is 23.9 Å². The standard InChI is InChI=1S/C30H39NO5/c1-5-30(33)35-18-7-6-10-26(32)21-36-27-16-15-25-19-28(31(22(2)3)29(25)20-27)24-13-11-23(12-14-24)9-8-17-34-4/h5,11-16,19-20,22,26,32H,1,6-10,17-18,21H2,2-4H3. The van der Waals surface area contributed by atoms with Crippen LogP contribution in [-0.4, -0.2) is 48.7 Å². The Kier molecular flexibility index (Phi) is 10.6. The lowest BCUT2D eigenvalue weighted by atomic mass is 10.1. The molecule has 1 heterocycles. The average Bonchev–Trinajstić information content (AvgIpc) is 3.26. The van der Waals surface area contributed by atoms with Crippen molar-refractivity contribution >= 4 is 16.9 Å². The minimum atomic E-state index is -0.578. The van der Waals surface area contributed by atoms with Crippen molar-refractivity contribution in [2.24, 2.45) is 0 Å². The van der Waals surface area contributed by atoms with Crippen LogP contribution in [0.4, 0.5) is 0 Å². The summed E-state index contributed by atoms with van der Waals surface area (Å²) in [6.45, 7) is 9.07. The summed E-state index contributed by atoms with van der Waals surface area (Å²) in [7, 11) is 1.74. The molecule has 0 aliphatic carbocycles. The summed E-state index contributed by atoms with van der Waals surface area (Å²) < 4.78 is 18.4. The lowest BCUT2D eigenvalue weighted by Gasteiger charge is -2.16. The van der Waals surface area contributed by atoms with E-state index < -0.39 is 12.1 Å². The number of rotatable bonds is 15. The average molecular weight is 494 g/mol. The number of aliphatic hydroxyl groups excluding tert-OH is 1. The van der Waals surface area contributed by atoms with Crippen molar-refractivity contribution in [1.82, 2.24) is 4.57 Å². The van der Waals surface area contributed by atoms with Crippen molar-refractivity contribution in [2.75, 3.05) is 26.9 Å². The molecule has 1 atom stereocenters. The van der Waals surface area contributed by atoms with Gasteiger partial charge in [0.2, 0.25) is 0 Å². The highest BCUT2D eigenvalue weighted by molar-refractivity contribution is 5.88. The monoisotopic (exact) mass is 493 g/mol. The first-order valence-corrected chi connectivity index (χ1v) is 12.8. The number of unbranched alkanes of at least 4 members (excludes halogenated alkanes) is 1. The molecule has 0 radical (unpaired) electrons. The SMILES string of the molecule is C=CC(=O)OCCCCC(O)COc1ccc2cc(-c3ccc(CCCOC)cc3)n(C(C)C)c2c1. The summed E-state index contributed by atoms with van der Waals surface area (Å²) in [6, 6.07) is 17.4. The second kappa shape index (κ2) is 13.9. The number of esters is 1. The summed E-state index contributed by atoms with van der Waals surface area (Å²) in [5.41, 5.74) is 4.79. The van der Waals surface area contributed by atoms with Gasteiger partial charge in [-0.1, -0.05) is 30.8 Å². The predicted molar refractivity (Wildman–Crippen MR) is 144 cm³/mol. The molecule has 0 aliphatic heterocycles. The third-order valence-corrected chi connectivity index (χ3v) is 6.18. The van der Waals surface area contributed by atoms with Gasteiger partial charge >= 0.3 is 5.97 Å². The van der Waals surface area contributed by atoms with Gasteiger partial charge in [0.05, 0.1) is 18.2 Å². The number of nitrogens with zero attached hydrogens (tertiary/aromatic N) is 1. The van der Waals surface area contributed by atoms with E-state index in [9.17, 15) is 9.90 Å². The first kappa shape index (κ1) is 27.5. The molecule has 194 valence electrons. The van der Waals surface area contributed by atoms with E-state index >= 15 is 0 Å². The minimum absolute atomic E-state index is 0.220. The van der Waals surface area contributed by atoms with Crippen LogP contribution in [0.3, 0.4) is 0 Å². The maximum atomic E-state index is 11.1. The molecule has 2 aromatic carbocycles. The molecule has 0 saturated carbocycles. The maximum absolute atomic E-state index is 11.1. The van der Waals surface area contributed by atoms with Crippen LogP contribution in [0.15, 0.2) is 61.2 Å². The molecule has 0 bridgehead atoms. The van der Waals surface area contributed by atoms with Crippen molar-refractivity contribution in [1.29, 1.82) is 0 Å². The Morgan fingerprint density at radius 1 is 1.06 bits per heavy atom. The number of aryl methyl sites for hydroxylation is 1. The van der Waals surface area contributed by atoms with Crippen molar-refractivity contribution in [3.8, 4) is 17.0 Å². The number of hydrogen-bond acceptors (Lipinski definition) is 5. The first-order valence-electron chi connectivity index (χ1n) is 12.8. The molecule has 0 fully saturated rings. The topological polar surface area (TPSA) is 69.9 Å². The van der Waals surface area contributed by atoms with Crippen molar-refractivity contribution < 1.29 is 24.1 Å². The Bertz CT molecular complexity index is 1120. The summed E-state index contributed by atoms with van der Waals surface area (Å²) in [6.07, 6.45) is 4.63. The number of methoxy groups -OCH3 is 1. The Morgan fingerprint density at radius 3 is 2.53 bits per heavy atom. The van der Waals surface area contributed by atoms with E-state index in [4.69, 9.17) is 14.2 Å². The van der Waals surface area contributed by atoms with Gasteiger partial charge in [0.25, 0.3) is 0 Å². The fourth-order valence-electron chi connectivity index (χ4n) is 4.32. The summed E-state index contributed by atoms with van der Waals surface area (Å²) in [4.78, 5) is 11.1. The van der Waals surface area contributed by atoms with Crippen LogP contribution in [0.2, 0.25) is 0 Å². The second-order valence-electron chi connectivity index (χ2n) is 9.34. The van der Waals surface area contributed by atoms with Gasteiger partial charge in [0.15, 0.2) is 0 Å². The minimum Gasteiger partial charge on any atom is -0.491 e. The third kappa shape index (κ3) is 7.70. The molecular weight excluding hydrogens is 454 g/mol. The van der Waals surface area contributed by atoms with Crippen LogP contribution in [0, 0.1) is 0 Å². The van der Waals surface area contributed by atoms with Gasteiger partial charge in [-0.2, -0.15) is 0 Å². The molecule has 0 spiro atoms. The molecule has 6 nitrogen and oxygen atoms in total. The number of carbonyl (C=O) groups excluding carboxylic acids is 1. The molecule has 1 N–H and O–H groups in total. The van der Waals surface area contributed by atoms with Crippen molar-refractivity contribution in [3.63, 3.8) is 0 Å².